The standard InChI is InChI=1S/C29H33NO5/c1-29(2,3)35-27(32)18-15-21-11-13-23(14-12-21)20-30(28(33)24-8-6-9-24)25-10-5-7-22(19-25)16-17-26(31)34-4/h5,7,10-19,24H,6,8-9,20H2,1-4H3/b17-16+,18-15+. The van der Waals surface area contributed by atoms with Gasteiger partial charge in [0.05, 0.1) is 13.7 Å². The number of amides is 1. The summed E-state index contributed by atoms with van der Waals surface area (Å²) in [5.41, 5.74) is 2.90. The Labute approximate surface area is 207 Å². The summed E-state index contributed by atoms with van der Waals surface area (Å²) in [5.74, 6) is -0.668. The highest BCUT2D eigenvalue weighted by molar-refractivity contribution is 5.96. The molecule has 1 aliphatic carbocycles. The monoisotopic (exact) mass is 475 g/mol. The summed E-state index contributed by atoms with van der Waals surface area (Å²) in [7, 11) is 1.33. The highest BCUT2D eigenvalue weighted by Gasteiger charge is 2.30. The summed E-state index contributed by atoms with van der Waals surface area (Å²) < 4.78 is 9.96. The van der Waals surface area contributed by atoms with Crippen LogP contribution in [0.3, 0.4) is 0 Å². The van der Waals surface area contributed by atoms with Crippen LogP contribution in [0.1, 0.15) is 56.7 Å². The van der Waals surface area contributed by atoms with Gasteiger partial charge in [0.1, 0.15) is 5.60 Å². The molecule has 0 radical (unpaired) electrons. The van der Waals surface area contributed by atoms with Gasteiger partial charge < -0.3 is 14.4 Å². The molecule has 0 bridgehead atoms. The molecule has 6 nitrogen and oxygen atoms in total. The fourth-order valence-electron chi connectivity index (χ4n) is 3.62. The van der Waals surface area contributed by atoms with E-state index in [1.165, 1.54) is 19.3 Å². The SMILES string of the molecule is COC(=O)/C=C/c1cccc(N(Cc2ccc(/C=C/C(=O)OC(C)(C)C)cc2)C(=O)C2CCC2)c1. The lowest BCUT2D eigenvalue weighted by Gasteiger charge is -2.32. The molecule has 0 N–H and O–H groups in total. The van der Waals surface area contributed by atoms with Gasteiger partial charge in [0.2, 0.25) is 5.91 Å². The van der Waals surface area contributed by atoms with Crippen LogP contribution >= 0.6 is 0 Å². The molecule has 2 aromatic rings. The molecule has 0 heterocycles. The van der Waals surface area contributed by atoms with E-state index in [4.69, 9.17) is 4.74 Å². The van der Waals surface area contributed by atoms with Crippen molar-refractivity contribution < 1.29 is 23.9 Å². The van der Waals surface area contributed by atoms with Crippen LogP contribution in [0, 0.1) is 5.92 Å². The first-order chi connectivity index (χ1) is 16.6. The second-order valence-electron chi connectivity index (χ2n) is 9.61. The fraction of sp³-hybridized carbons (Fsp3) is 0.345. The third-order valence-corrected chi connectivity index (χ3v) is 5.65. The Morgan fingerprint density at radius 2 is 1.60 bits per heavy atom. The van der Waals surface area contributed by atoms with Gasteiger partial charge in [0, 0.05) is 23.8 Å². The van der Waals surface area contributed by atoms with Gasteiger partial charge in [-0.05, 0) is 74.6 Å². The van der Waals surface area contributed by atoms with Crippen molar-refractivity contribution in [2.75, 3.05) is 12.0 Å². The largest absolute Gasteiger partial charge is 0.466 e. The Kier molecular flexibility index (Phi) is 8.63. The number of anilines is 1. The minimum absolute atomic E-state index is 0.0419. The first-order valence-corrected chi connectivity index (χ1v) is 11.8. The van der Waals surface area contributed by atoms with Gasteiger partial charge in [0.25, 0.3) is 0 Å². The number of esters is 2. The highest BCUT2D eigenvalue weighted by atomic mass is 16.6. The van der Waals surface area contributed by atoms with Crippen molar-refractivity contribution in [3.05, 3.63) is 77.4 Å². The van der Waals surface area contributed by atoms with E-state index in [1.807, 2.05) is 74.2 Å². The van der Waals surface area contributed by atoms with Crippen LogP contribution in [0.2, 0.25) is 0 Å². The maximum atomic E-state index is 13.3. The van der Waals surface area contributed by atoms with E-state index in [2.05, 4.69) is 4.74 Å². The average molecular weight is 476 g/mol. The van der Waals surface area contributed by atoms with Gasteiger partial charge in [-0.3, -0.25) is 4.79 Å². The zero-order chi connectivity index (χ0) is 25.4. The molecule has 6 heteroatoms. The molecule has 3 rings (SSSR count). The molecule has 184 valence electrons. The fourth-order valence-corrected chi connectivity index (χ4v) is 3.62. The molecule has 1 saturated carbocycles. The van der Waals surface area contributed by atoms with E-state index in [-0.39, 0.29) is 17.8 Å². The van der Waals surface area contributed by atoms with Crippen molar-refractivity contribution >= 4 is 35.7 Å². The Hall–Kier alpha value is -3.67. The normalized spacial score (nSPS) is 14.1. The number of hydrogen-bond donors (Lipinski definition) is 0. The van der Waals surface area contributed by atoms with Crippen LogP contribution < -0.4 is 4.90 Å². The van der Waals surface area contributed by atoms with E-state index in [0.717, 1.165) is 41.6 Å². The van der Waals surface area contributed by atoms with Gasteiger partial charge in [-0.15, -0.1) is 0 Å². The van der Waals surface area contributed by atoms with Gasteiger partial charge in [-0.25, -0.2) is 9.59 Å². The Morgan fingerprint density at radius 3 is 2.20 bits per heavy atom. The maximum Gasteiger partial charge on any atom is 0.331 e. The third-order valence-electron chi connectivity index (χ3n) is 5.65. The lowest BCUT2D eigenvalue weighted by molar-refractivity contribution is -0.148. The summed E-state index contributed by atoms with van der Waals surface area (Å²) in [6, 6.07) is 15.3. The van der Waals surface area contributed by atoms with Crippen LogP contribution in [0.4, 0.5) is 5.69 Å². The first kappa shape index (κ1) is 25.9. The molecule has 0 atom stereocenters. The molecule has 1 fully saturated rings. The van der Waals surface area contributed by atoms with E-state index >= 15 is 0 Å². The molecular formula is C29H33NO5. The number of benzene rings is 2. The van der Waals surface area contributed by atoms with Crippen LogP contribution in [-0.4, -0.2) is 30.6 Å². The maximum absolute atomic E-state index is 13.3. The topological polar surface area (TPSA) is 72.9 Å². The van der Waals surface area contributed by atoms with Crippen LogP contribution in [-0.2, 0) is 30.4 Å². The van der Waals surface area contributed by atoms with Crippen LogP contribution in [0.25, 0.3) is 12.2 Å². The summed E-state index contributed by atoms with van der Waals surface area (Å²) in [6.45, 7) is 5.91. The van der Waals surface area contributed by atoms with Crippen LogP contribution in [0.15, 0.2) is 60.7 Å². The van der Waals surface area contributed by atoms with Gasteiger partial charge >= 0.3 is 11.9 Å². The summed E-state index contributed by atoms with van der Waals surface area (Å²) in [5, 5.41) is 0. The second kappa shape index (κ2) is 11.6. The van der Waals surface area contributed by atoms with Crippen molar-refractivity contribution in [3.8, 4) is 0 Å². The lowest BCUT2D eigenvalue weighted by Crippen LogP contribution is -2.38. The molecule has 2 aromatic carbocycles. The zero-order valence-electron chi connectivity index (χ0n) is 20.8. The summed E-state index contributed by atoms with van der Waals surface area (Å²) in [4.78, 5) is 38.5. The Morgan fingerprint density at radius 1 is 0.943 bits per heavy atom. The number of carbonyl (C=O) groups excluding carboxylic acids is 3. The van der Waals surface area contributed by atoms with Crippen molar-refractivity contribution in [1.82, 2.24) is 0 Å². The third kappa shape index (κ3) is 7.95. The summed E-state index contributed by atoms with van der Waals surface area (Å²) in [6.07, 6.45) is 9.06. The number of rotatable bonds is 8. The van der Waals surface area contributed by atoms with Gasteiger partial charge in [-0.1, -0.05) is 42.8 Å². The molecule has 0 saturated heterocycles. The number of ether oxygens (including phenoxy) is 2. The number of nitrogens with zero attached hydrogens (tertiary/aromatic N) is 1. The summed E-state index contributed by atoms with van der Waals surface area (Å²) >= 11 is 0. The molecular weight excluding hydrogens is 442 g/mol. The molecule has 0 unspecified atom stereocenters. The van der Waals surface area contributed by atoms with E-state index in [1.54, 1.807) is 12.2 Å². The number of hydrogen-bond acceptors (Lipinski definition) is 5. The Balaban J connectivity index is 1.77. The van der Waals surface area contributed by atoms with Crippen molar-refractivity contribution in [3.63, 3.8) is 0 Å². The van der Waals surface area contributed by atoms with Crippen LogP contribution in [0.5, 0.6) is 0 Å². The quantitative estimate of drug-likeness (QED) is 0.369. The van der Waals surface area contributed by atoms with E-state index < -0.39 is 11.6 Å². The van der Waals surface area contributed by atoms with Crippen molar-refractivity contribution in [2.45, 2.75) is 52.2 Å². The molecule has 0 spiro atoms. The number of carbonyl (C=O) groups is 3. The predicted octanol–water partition coefficient (Wildman–Crippen LogP) is 5.56. The van der Waals surface area contributed by atoms with E-state index in [0.29, 0.717) is 6.54 Å². The minimum atomic E-state index is -0.534. The minimum Gasteiger partial charge on any atom is -0.466 e. The highest BCUT2D eigenvalue weighted by Crippen LogP contribution is 2.31. The molecule has 0 aliphatic heterocycles. The first-order valence-electron chi connectivity index (χ1n) is 11.8. The molecule has 1 amide bonds. The second-order valence-corrected chi connectivity index (χ2v) is 9.61. The van der Waals surface area contributed by atoms with Crippen molar-refractivity contribution in [2.24, 2.45) is 5.92 Å². The zero-order valence-corrected chi connectivity index (χ0v) is 20.8. The lowest BCUT2D eigenvalue weighted by atomic mass is 9.84. The van der Waals surface area contributed by atoms with Crippen molar-refractivity contribution in [1.29, 1.82) is 0 Å². The Bertz CT molecular complexity index is 1100. The average Bonchev–Trinajstić information content (AvgIpc) is 2.78. The predicted molar refractivity (Wildman–Crippen MR) is 137 cm³/mol. The number of methoxy groups -OCH3 is 1. The molecule has 1 aliphatic rings. The van der Waals surface area contributed by atoms with Gasteiger partial charge in [-0.2, -0.15) is 0 Å². The molecule has 35 heavy (non-hydrogen) atoms. The molecule has 0 aromatic heterocycles. The van der Waals surface area contributed by atoms with Gasteiger partial charge in [0.15, 0.2) is 0 Å². The smallest absolute Gasteiger partial charge is 0.331 e. The van der Waals surface area contributed by atoms with E-state index in [9.17, 15) is 14.4 Å².